The van der Waals surface area contributed by atoms with Gasteiger partial charge >= 0.3 is 0 Å². The van der Waals surface area contributed by atoms with Crippen molar-refractivity contribution in [1.29, 1.82) is 0 Å². The summed E-state index contributed by atoms with van der Waals surface area (Å²) in [6.07, 6.45) is 0.278. The molecule has 3 rings (SSSR count). The number of ether oxygens (including phenoxy) is 1. The van der Waals surface area contributed by atoms with Crippen molar-refractivity contribution in [3.05, 3.63) is 63.6 Å². The number of hydrogen-bond acceptors (Lipinski definition) is 5. The molecule has 1 atom stereocenters. The molecule has 6 heteroatoms. The van der Waals surface area contributed by atoms with Crippen molar-refractivity contribution in [2.24, 2.45) is 5.92 Å². The van der Waals surface area contributed by atoms with Crippen LogP contribution in [0.1, 0.15) is 36.8 Å². The van der Waals surface area contributed by atoms with Gasteiger partial charge in [-0.1, -0.05) is 32.0 Å². The van der Waals surface area contributed by atoms with Gasteiger partial charge in [0.15, 0.2) is 11.5 Å². The SMILES string of the molecule is COc1cccc(C2C(C(=O)CC(C)C)=C(O)C(=O)N2Cc2cccs2)c1. The summed E-state index contributed by atoms with van der Waals surface area (Å²) >= 11 is 1.53. The summed E-state index contributed by atoms with van der Waals surface area (Å²) in [6.45, 7) is 4.22. The summed E-state index contributed by atoms with van der Waals surface area (Å²) in [6, 6.07) is 10.5. The summed E-state index contributed by atoms with van der Waals surface area (Å²) in [5.41, 5.74) is 0.925. The zero-order chi connectivity index (χ0) is 19.6. The molecule has 0 aliphatic carbocycles. The Morgan fingerprint density at radius 3 is 2.70 bits per heavy atom. The molecule has 1 amide bonds. The minimum Gasteiger partial charge on any atom is -0.503 e. The summed E-state index contributed by atoms with van der Waals surface area (Å²) in [4.78, 5) is 28.2. The van der Waals surface area contributed by atoms with Crippen LogP contribution in [0.4, 0.5) is 0 Å². The second kappa shape index (κ2) is 7.96. The molecule has 5 nitrogen and oxygen atoms in total. The molecule has 0 fully saturated rings. The smallest absolute Gasteiger partial charge is 0.290 e. The highest BCUT2D eigenvalue weighted by Gasteiger charge is 2.43. The minimum absolute atomic E-state index is 0.130. The van der Waals surface area contributed by atoms with Crippen molar-refractivity contribution >= 4 is 23.0 Å². The summed E-state index contributed by atoms with van der Waals surface area (Å²) in [5, 5.41) is 12.5. The van der Waals surface area contributed by atoms with Crippen LogP contribution >= 0.6 is 11.3 Å². The van der Waals surface area contributed by atoms with E-state index in [9.17, 15) is 14.7 Å². The quantitative estimate of drug-likeness (QED) is 0.773. The molecular weight excluding hydrogens is 362 g/mol. The van der Waals surface area contributed by atoms with Crippen LogP contribution in [0.2, 0.25) is 0 Å². The molecule has 2 aromatic rings. The molecule has 2 heterocycles. The van der Waals surface area contributed by atoms with Crippen molar-refractivity contribution in [3.63, 3.8) is 0 Å². The van der Waals surface area contributed by atoms with E-state index in [2.05, 4.69) is 0 Å². The van der Waals surface area contributed by atoms with Gasteiger partial charge in [-0.3, -0.25) is 9.59 Å². The summed E-state index contributed by atoms with van der Waals surface area (Å²) in [5.74, 6) is -0.381. The van der Waals surface area contributed by atoms with Gasteiger partial charge in [-0.15, -0.1) is 11.3 Å². The molecule has 27 heavy (non-hydrogen) atoms. The third-order valence-corrected chi connectivity index (χ3v) is 5.37. The number of Topliss-reactive ketones (excluding diaryl/α,β-unsaturated/α-hetero) is 1. The Balaban J connectivity index is 2.06. The fraction of sp³-hybridized carbons (Fsp3) is 0.333. The average Bonchev–Trinajstić information content (AvgIpc) is 3.23. The van der Waals surface area contributed by atoms with Crippen molar-refractivity contribution in [2.75, 3.05) is 7.11 Å². The van der Waals surface area contributed by atoms with Crippen LogP contribution in [0.25, 0.3) is 0 Å². The van der Waals surface area contributed by atoms with E-state index >= 15 is 0 Å². The number of methoxy groups -OCH3 is 1. The number of carbonyl (C=O) groups excluding carboxylic acids is 2. The van der Waals surface area contributed by atoms with Crippen LogP contribution in [-0.2, 0) is 16.1 Å². The number of amides is 1. The lowest BCUT2D eigenvalue weighted by Gasteiger charge is -2.27. The predicted octanol–water partition coefficient (Wildman–Crippen LogP) is 4.27. The Bertz CT molecular complexity index is 870. The third-order valence-electron chi connectivity index (χ3n) is 4.51. The van der Waals surface area contributed by atoms with Crippen LogP contribution in [0.5, 0.6) is 5.75 Å². The zero-order valence-electron chi connectivity index (χ0n) is 15.6. The normalized spacial score (nSPS) is 17.1. The number of rotatable bonds is 7. The first-order valence-corrected chi connectivity index (χ1v) is 9.74. The van der Waals surface area contributed by atoms with Crippen LogP contribution < -0.4 is 4.74 Å². The number of benzene rings is 1. The van der Waals surface area contributed by atoms with Gasteiger partial charge in [0.05, 0.1) is 25.3 Å². The predicted molar refractivity (Wildman–Crippen MR) is 105 cm³/mol. The zero-order valence-corrected chi connectivity index (χ0v) is 16.5. The van der Waals surface area contributed by atoms with Gasteiger partial charge in [0, 0.05) is 11.3 Å². The molecule has 0 radical (unpaired) electrons. The Morgan fingerprint density at radius 1 is 1.30 bits per heavy atom. The molecule has 0 spiro atoms. The number of thiophene rings is 1. The van der Waals surface area contributed by atoms with Crippen LogP contribution in [0, 0.1) is 5.92 Å². The highest BCUT2D eigenvalue weighted by atomic mass is 32.1. The molecule has 1 aliphatic heterocycles. The van der Waals surface area contributed by atoms with Crippen molar-refractivity contribution < 1.29 is 19.4 Å². The van der Waals surface area contributed by atoms with Crippen LogP contribution in [0.3, 0.4) is 0 Å². The van der Waals surface area contributed by atoms with E-state index < -0.39 is 17.7 Å². The van der Waals surface area contributed by atoms with E-state index in [0.29, 0.717) is 12.3 Å². The summed E-state index contributed by atoms with van der Waals surface area (Å²) in [7, 11) is 1.57. The Labute approximate surface area is 162 Å². The monoisotopic (exact) mass is 385 g/mol. The molecule has 0 saturated carbocycles. The molecule has 1 unspecified atom stereocenters. The van der Waals surface area contributed by atoms with E-state index in [4.69, 9.17) is 4.74 Å². The Kier molecular flexibility index (Phi) is 5.65. The lowest BCUT2D eigenvalue weighted by Crippen LogP contribution is -2.30. The first kappa shape index (κ1) is 19.2. The third kappa shape index (κ3) is 3.90. The molecule has 0 bridgehead atoms. The highest BCUT2D eigenvalue weighted by Crippen LogP contribution is 2.40. The lowest BCUT2D eigenvalue weighted by atomic mass is 9.92. The maximum atomic E-state index is 12.9. The number of aliphatic hydroxyl groups excluding tert-OH is 1. The van der Waals surface area contributed by atoms with Crippen molar-refractivity contribution in [2.45, 2.75) is 32.9 Å². The van der Waals surface area contributed by atoms with Crippen molar-refractivity contribution in [1.82, 2.24) is 4.90 Å². The first-order chi connectivity index (χ1) is 12.9. The van der Waals surface area contributed by atoms with Gasteiger partial charge < -0.3 is 14.7 Å². The van der Waals surface area contributed by atoms with Gasteiger partial charge in [0.1, 0.15) is 5.75 Å². The molecule has 1 aromatic carbocycles. The molecule has 0 saturated heterocycles. The van der Waals surface area contributed by atoms with Gasteiger partial charge in [-0.2, -0.15) is 0 Å². The van der Waals surface area contributed by atoms with Gasteiger partial charge in [-0.25, -0.2) is 0 Å². The van der Waals surface area contributed by atoms with E-state index in [1.807, 2.05) is 49.6 Å². The Hall–Kier alpha value is -2.60. The van der Waals surface area contributed by atoms with Crippen LogP contribution in [0.15, 0.2) is 53.1 Å². The lowest BCUT2D eigenvalue weighted by molar-refractivity contribution is -0.130. The van der Waals surface area contributed by atoms with Gasteiger partial charge in [0.25, 0.3) is 5.91 Å². The van der Waals surface area contributed by atoms with E-state index in [0.717, 1.165) is 10.4 Å². The topological polar surface area (TPSA) is 66.8 Å². The summed E-state index contributed by atoms with van der Waals surface area (Å²) < 4.78 is 5.30. The van der Waals surface area contributed by atoms with Crippen LogP contribution in [-0.4, -0.2) is 28.8 Å². The van der Waals surface area contributed by atoms with Gasteiger partial charge in [0.2, 0.25) is 0 Å². The largest absolute Gasteiger partial charge is 0.503 e. The number of nitrogens with zero attached hydrogens (tertiary/aromatic N) is 1. The standard InChI is InChI=1S/C21H23NO4S/c1-13(2)10-17(23)18-19(14-6-4-7-15(11-14)26-3)22(21(25)20(18)24)12-16-8-5-9-27-16/h4-9,11,13,19,24H,10,12H2,1-3H3. The fourth-order valence-electron chi connectivity index (χ4n) is 3.31. The average molecular weight is 385 g/mol. The number of aliphatic hydroxyl groups is 1. The van der Waals surface area contributed by atoms with E-state index in [1.165, 1.54) is 11.3 Å². The van der Waals surface area contributed by atoms with E-state index in [1.54, 1.807) is 18.1 Å². The second-order valence-corrected chi connectivity index (χ2v) is 8.01. The Morgan fingerprint density at radius 2 is 2.07 bits per heavy atom. The number of ketones is 1. The number of carbonyl (C=O) groups is 2. The first-order valence-electron chi connectivity index (χ1n) is 8.86. The maximum Gasteiger partial charge on any atom is 0.290 e. The minimum atomic E-state index is -0.624. The molecule has 1 aliphatic rings. The van der Waals surface area contributed by atoms with E-state index in [-0.39, 0.29) is 23.7 Å². The second-order valence-electron chi connectivity index (χ2n) is 6.97. The maximum absolute atomic E-state index is 12.9. The molecular formula is C21H23NO4S. The van der Waals surface area contributed by atoms with Gasteiger partial charge in [-0.05, 0) is 35.1 Å². The molecule has 142 valence electrons. The fourth-order valence-corrected chi connectivity index (χ4v) is 4.01. The molecule has 1 aromatic heterocycles. The number of hydrogen-bond donors (Lipinski definition) is 1. The molecule has 1 N–H and O–H groups in total. The highest BCUT2D eigenvalue weighted by molar-refractivity contribution is 7.09. The van der Waals surface area contributed by atoms with Crippen molar-refractivity contribution in [3.8, 4) is 5.75 Å².